The van der Waals surface area contributed by atoms with Crippen LogP contribution in [0.5, 0.6) is 5.75 Å². The number of thioether (sulfide) groups is 1. The fourth-order valence-corrected chi connectivity index (χ4v) is 5.49. The van der Waals surface area contributed by atoms with E-state index in [2.05, 4.69) is 54.4 Å². The van der Waals surface area contributed by atoms with E-state index in [4.69, 9.17) is 16.3 Å². The molecule has 0 atom stereocenters. The average Bonchev–Trinajstić information content (AvgIpc) is 2.85. The van der Waals surface area contributed by atoms with Crippen molar-refractivity contribution in [3.63, 3.8) is 0 Å². The largest absolute Gasteiger partial charge is 0.495 e. The van der Waals surface area contributed by atoms with Crippen LogP contribution in [0.2, 0.25) is 5.02 Å². The minimum atomic E-state index is -0.514. The van der Waals surface area contributed by atoms with Crippen LogP contribution in [-0.4, -0.2) is 51.4 Å². The number of amides is 1. The Morgan fingerprint density at radius 3 is 2.70 bits per heavy atom. The van der Waals surface area contributed by atoms with Crippen LogP contribution in [0.15, 0.2) is 47.5 Å². The number of rotatable bonds is 8. The van der Waals surface area contributed by atoms with Gasteiger partial charge < -0.3 is 25.4 Å². The number of anilines is 4. The average molecular weight is 542 g/mol. The molecule has 1 aromatic heterocycles. The highest BCUT2D eigenvalue weighted by atomic mass is 35.5. The Kier molecular flexibility index (Phi) is 8.16. The molecule has 1 aliphatic heterocycles. The molecule has 3 aromatic rings. The molecule has 2 heterocycles. The third kappa shape index (κ3) is 6.11. The first-order valence-corrected chi connectivity index (χ1v) is 13.3. The van der Waals surface area contributed by atoms with Crippen LogP contribution in [-0.2, 0) is 16.8 Å². The second-order valence-electron chi connectivity index (χ2n) is 9.80. The Hall–Kier alpha value is -3.01. The molecular formula is C27H32ClN5O3S. The van der Waals surface area contributed by atoms with Gasteiger partial charge in [-0.1, -0.05) is 51.4 Å². The number of para-hydroxylation sites is 1. The number of halogens is 1. The molecule has 0 saturated heterocycles. The molecule has 37 heavy (non-hydrogen) atoms. The molecule has 0 spiro atoms. The van der Waals surface area contributed by atoms with Gasteiger partial charge in [0.1, 0.15) is 17.4 Å². The number of nitrogens with one attached hydrogen (secondary N) is 2. The SMILES string of the molecule is COc1cc2c(cc1Nc1ncc(Cl)c(Nc3ccccc3SC(C)C)n1)CN(C(=O)CO)CC2(C)C. The number of nitrogens with zero attached hydrogens (tertiary/aromatic N) is 3. The van der Waals surface area contributed by atoms with E-state index in [-0.39, 0.29) is 11.3 Å². The van der Waals surface area contributed by atoms with Gasteiger partial charge in [0.15, 0.2) is 5.82 Å². The molecule has 0 fully saturated rings. The molecule has 1 amide bonds. The maximum atomic E-state index is 12.3. The Labute approximate surface area is 226 Å². The number of carbonyl (C=O) groups excluding carboxylic acids is 1. The lowest BCUT2D eigenvalue weighted by atomic mass is 9.78. The van der Waals surface area contributed by atoms with E-state index in [1.165, 1.54) is 0 Å². The molecule has 0 bridgehead atoms. The van der Waals surface area contributed by atoms with E-state index in [9.17, 15) is 9.90 Å². The van der Waals surface area contributed by atoms with Gasteiger partial charge in [-0.2, -0.15) is 4.98 Å². The lowest BCUT2D eigenvalue weighted by Crippen LogP contribution is -2.46. The van der Waals surface area contributed by atoms with Gasteiger partial charge in [-0.25, -0.2) is 4.98 Å². The lowest BCUT2D eigenvalue weighted by molar-refractivity contribution is -0.136. The maximum absolute atomic E-state index is 12.3. The molecule has 0 saturated carbocycles. The summed E-state index contributed by atoms with van der Waals surface area (Å²) >= 11 is 8.20. The van der Waals surface area contributed by atoms with Crippen molar-refractivity contribution in [3.05, 3.63) is 58.7 Å². The minimum absolute atomic E-state index is 0.295. The van der Waals surface area contributed by atoms with Crippen molar-refractivity contribution in [2.45, 2.75) is 49.8 Å². The lowest BCUT2D eigenvalue weighted by Gasteiger charge is -2.40. The first-order valence-electron chi connectivity index (χ1n) is 12.0. The van der Waals surface area contributed by atoms with Crippen LogP contribution in [0.4, 0.5) is 23.1 Å². The molecule has 10 heteroatoms. The van der Waals surface area contributed by atoms with E-state index < -0.39 is 6.61 Å². The zero-order valence-electron chi connectivity index (χ0n) is 21.6. The van der Waals surface area contributed by atoms with Gasteiger partial charge >= 0.3 is 0 Å². The van der Waals surface area contributed by atoms with Gasteiger partial charge in [-0.05, 0) is 35.4 Å². The van der Waals surface area contributed by atoms with Crippen LogP contribution < -0.4 is 15.4 Å². The summed E-state index contributed by atoms with van der Waals surface area (Å²) in [5.41, 5.74) is 3.33. The molecule has 8 nitrogen and oxygen atoms in total. The highest BCUT2D eigenvalue weighted by molar-refractivity contribution is 8.00. The fourth-order valence-electron chi connectivity index (χ4n) is 4.44. The second kappa shape index (κ2) is 11.2. The Morgan fingerprint density at radius 2 is 2.00 bits per heavy atom. The van der Waals surface area contributed by atoms with Crippen LogP contribution in [0.25, 0.3) is 0 Å². The number of fused-ring (bicyclic) bond motifs is 1. The topological polar surface area (TPSA) is 99.6 Å². The monoisotopic (exact) mass is 541 g/mol. The number of aliphatic hydroxyl groups excluding tert-OH is 1. The Balaban J connectivity index is 1.65. The number of hydrogen-bond donors (Lipinski definition) is 3. The molecular weight excluding hydrogens is 510 g/mol. The minimum Gasteiger partial charge on any atom is -0.495 e. The zero-order chi connectivity index (χ0) is 26.7. The van der Waals surface area contributed by atoms with Crippen molar-refractivity contribution in [2.75, 3.05) is 30.9 Å². The smallest absolute Gasteiger partial charge is 0.248 e. The van der Waals surface area contributed by atoms with Crippen LogP contribution >= 0.6 is 23.4 Å². The standard InChI is InChI=1S/C27H32ClN5O3S/c1-16(2)37-23-9-7-6-8-20(23)30-25-19(28)12-29-26(32-25)31-21-10-17-13-33(24(35)14-34)15-27(3,4)18(17)11-22(21)36-5/h6-12,16,34H,13-15H2,1-5H3,(H2,29,30,31,32). The van der Waals surface area contributed by atoms with Gasteiger partial charge in [0.25, 0.3) is 0 Å². The maximum Gasteiger partial charge on any atom is 0.248 e. The zero-order valence-corrected chi connectivity index (χ0v) is 23.2. The highest BCUT2D eigenvalue weighted by Gasteiger charge is 2.34. The third-order valence-electron chi connectivity index (χ3n) is 6.08. The summed E-state index contributed by atoms with van der Waals surface area (Å²) in [6.45, 7) is 8.84. The van der Waals surface area contributed by atoms with E-state index in [1.54, 1.807) is 30.0 Å². The van der Waals surface area contributed by atoms with Crippen molar-refractivity contribution in [1.82, 2.24) is 14.9 Å². The van der Waals surface area contributed by atoms with Crippen LogP contribution in [0.3, 0.4) is 0 Å². The quantitative estimate of drug-likeness (QED) is 0.310. The van der Waals surface area contributed by atoms with Crippen molar-refractivity contribution >= 4 is 52.4 Å². The number of hydrogen-bond acceptors (Lipinski definition) is 8. The summed E-state index contributed by atoms with van der Waals surface area (Å²) in [7, 11) is 1.61. The fraction of sp³-hybridized carbons (Fsp3) is 0.370. The van der Waals surface area contributed by atoms with E-state index in [0.29, 0.717) is 46.6 Å². The predicted octanol–water partition coefficient (Wildman–Crippen LogP) is 5.74. The van der Waals surface area contributed by atoms with Gasteiger partial charge in [0.05, 0.1) is 24.7 Å². The van der Waals surface area contributed by atoms with Gasteiger partial charge in [0.2, 0.25) is 11.9 Å². The Morgan fingerprint density at radius 1 is 1.24 bits per heavy atom. The molecule has 4 rings (SSSR count). The van der Waals surface area contributed by atoms with Crippen molar-refractivity contribution in [3.8, 4) is 5.75 Å². The van der Waals surface area contributed by atoms with Gasteiger partial charge in [-0.3, -0.25) is 4.79 Å². The number of aromatic nitrogens is 2. The molecule has 2 aromatic carbocycles. The van der Waals surface area contributed by atoms with Crippen molar-refractivity contribution in [1.29, 1.82) is 0 Å². The van der Waals surface area contributed by atoms with E-state index >= 15 is 0 Å². The number of carbonyl (C=O) groups is 1. The number of benzene rings is 2. The molecule has 0 unspecified atom stereocenters. The van der Waals surface area contributed by atoms with Gasteiger partial charge in [0, 0.05) is 28.6 Å². The summed E-state index contributed by atoms with van der Waals surface area (Å²) in [6.07, 6.45) is 1.55. The number of aliphatic hydroxyl groups is 1. The first kappa shape index (κ1) is 27.0. The Bertz CT molecular complexity index is 1300. The molecule has 3 N–H and O–H groups in total. The summed E-state index contributed by atoms with van der Waals surface area (Å²) in [4.78, 5) is 24.0. The van der Waals surface area contributed by atoms with Crippen molar-refractivity contribution < 1.29 is 14.6 Å². The second-order valence-corrected chi connectivity index (χ2v) is 11.8. The highest BCUT2D eigenvalue weighted by Crippen LogP contribution is 2.40. The molecule has 1 aliphatic rings. The summed E-state index contributed by atoms with van der Waals surface area (Å²) < 4.78 is 5.69. The van der Waals surface area contributed by atoms with E-state index in [1.807, 2.05) is 30.3 Å². The van der Waals surface area contributed by atoms with Crippen LogP contribution in [0.1, 0.15) is 38.8 Å². The van der Waals surface area contributed by atoms with E-state index in [0.717, 1.165) is 21.7 Å². The normalized spacial score (nSPS) is 14.3. The summed E-state index contributed by atoms with van der Waals surface area (Å²) in [5, 5.41) is 16.8. The first-order chi connectivity index (χ1) is 17.6. The number of ether oxygens (including phenoxy) is 1. The predicted molar refractivity (Wildman–Crippen MR) is 150 cm³/mol. The molecule has 0 radical (unpaired) electrons. The molecule has 0 aliphatic carbocycles. The number of methoxy groups -OCH3 is 1. The van der Waals surface area contributed by atoms with Gasteiger partial charge in [-0.15, -0.1) is 11.8 Å². The third-order valence-corrected chi connectivity index (χ3v) is 7.44. The van der Waals surface area contributed by atoms with Crippen LogP contribution in [0, 0.1) is 0 Å². The summed E-state index contributed by atoms with van der Waals surface area (Å²) in [6, 6.07) is 12.0. The van der Waals surface area contributed by atoms with Crippen molar-refractivity contribution in [2.24, 2.45) is 0 Å². The summed E-state index contributed by atoms with van der Waals surface area (Å²) in [5.74, 6) is 1.17. The molecule has 196 valence electrons.